The van der Waals surface area contributed by atoms with Crippen molar-refractivity contribution in [3.8, 4) is 6.07 Å². The third-order valence-corrected chi connectivity index (χ3v) is 4.64. The SMILES string of the molecule is CCc1noc([C@H](C)N2CCN(Cc3ccccc3C#N)CC2)n1. The zero-order valence-corrected chi connectivity index (χ0v) is 14.3. The predicted octanol–water partition coefficient (Wildman–Crippen LogP) is 2.38. The molecular formula is C18H23N5O. The molecule has 0 radical (unpaired) electrons. The maximum Gasteiger partial charge on any atom is 0.243 e. The van der Waals surface area contributed by atoms with E-state index < -0.39 is 0 Å². The highest BCUT2D eigenvalue weighted by atomic mass is 16.5. The molecule has 3 rings (SSSR count). The van der Waals surface area contributed by atoms with Crippen LogP contribution < -0.4 is 0 Å². The highest BCUT2D eigenvalue weighted by Crippen LogP contribution is 2.21. The Hall–Kier alpha value is -2.23. The Morgan fingerprint density at radius 2 is 2.00 bits per heavy atom. The summed E-state index contributed by atoms with van der Waals surface area (Å²) in [6.07, 6.45) is 0.794. The Labute approximate surface area is 142 Å². The normalized spacial score (nSPS) is 17.5. The summed E-state index contributed by atoms with van der Waals surface area (Å²) in [6.45, 7) is 8.83. The van der Waals surface area contributed by atoms with Crippen LogP contribution in [0.3, 0.4) is 0 Å². The Morgan fingerprint density at radius 1 is 1.25 bits per heavy atom. The highest BCUT2D eigenvalue weighted by molar-refractivity contribution is 5.37. The molecule has 1 fully saturated rings. The van der Waals surface area contributed by atoms with Crippen molar-refractivity contribution in [3.05, 3.63) is 47.1 Å². The summed E-state index contributed by atoms with van der Waals surface area (Å²) in [5.74, 6) is 1.47. The van der Waals surface area contributed by atoms with E-state index in [1.54, 1.807) is 0 Å². The number of nitrogens with zero attached hydrogens (tertiary/aromatic N) is 5. The molecule has 0 bridgehead atoms. The van der Waals surface area contributed by atoms with Crippen LogP contribution in [0.1, 0.15) is 42.7 Å². The van der Waals surface area contributed by atoms with Crippen LogP contribution in [-0.4, -0.2) is 46.1 Å². The van der Waals surface area contributed by atoms with E-state index in [1.165, 1.54) is 0 Å². The first-order valence-electron chi connectivity index (χ1n) is 8.48. The molecule has 24 heavy (non-hydrogen) atoms. The molecule has 0 N–H and O–H groups in total. The van der Waals surface area contributed by atoms with Crippen LogP contribution in [0, 0.1) is 11.3 Å². The molecular weight excluding hydrogens is 302 g/mol. The Balaban J connectivity index is 1.56. The van der Waals surface area contributed by atoms with Gasteiger partial charge in [-0.15, -0.1) is 0 Å². The van der Waals surface area contributed by atoms with E-state index in [2.05, 4.69) is 32.9 Å². The summed E-state index contributed by atoms with van der Waals surface area (Å²) in [5.41, 5.74) is 1.87. The molecule has 2 aromatic rings. The van der Waals surface area contributed by atoms with Crippen molar-refractivity contribution in [2.75, 3.05) is 26.2 Å². The van der Waals surface area contributed by atoms with Crippen LogP contribution in [0.2, 0.25) is 0 Å². The second-order valence-corrected chi connectivity index (χ2v) is 6.16. The monoisotopic (exact) mass is 325 g/mol. The van der Waals surface area contributed by atoms with Crippen molar-refractivity contribution in [1.29, 1.82) is 5.26 Å². The molecule has 0 spiro atoms. The molecule has 1 aromatic carbocycles. The molecule has 6 nitrogen and oxygen atoms in total. The summed E-state index contributed by atoms with van der Waals surface area (Å²) >= 11 is 0. The summed E-state index contributed by atoms with van der Waals surface area (Å²) in [4.78, 5) is 9.21. The zero-order chi connectivity index (χ0) is 16.9. The van der Waals surface area contributed by atoms with E-state index >= 15 is 0 Å². The minimum Gasteiger partial charge on any atom is -0.338 e. The molecule has 6 heteroatoms. The molecule has 1 atom stereocenters. The van der Waals surface area contributed by atoms with Gasteiger partial charge in [0.05, 0.1) is 17.7 Å². The van der Waals surface area contributed by atoms with Gasteiger partial charge in [0, 0.05) is 39.1 Å². The van der Waals surface area contributed by atoms with Gasteiger partial charge in [0.25, 0.3) is 0 Å². The topological polar surface area (TPSA) is 69.2 Å². The van der Waals surface area contributed by atoms with E-state index in [4.69, 9.17) is 4.52 Å². The van der Waals surface area contributed by atoms with Crippen LogP contribution in [0.15, 0.2) is 28.8 Å². The van der Waals surface area contributed by atoms with Gasteiger partial charge in [-0.25, -0.2) is 0 Å². The number of rotatable bonds is 5. The van der Waals surface area contributed by atoms with E-state index in [0.717, 1.165) is 56.1 Å². The predicted molar refractivity (Wildman–Crippen MR) is 90.1 cm³/mol. The minimum atomic E-state index is 0.145. The second kappa shape index (κ2) is 7.56. The van der Waals surface area contributed by atoms with Gasteiger partial charge in [0.1, 0.15) is 0 Å². The second-order valence-electron chi connectivity index (χ2n) is 6.16. The first-order chi connectivity index (χ1) is 11.7. The van der Waals surface area contributed by atoms with Crippen LogP contribution in [0.25, 0.3) is 0 Å². The number of piperazine rings is 1. The van der Waals surface area contributed by atoms with Crippen molar-refractivity contribution in [2.24, 2.45) is 0 Å². The minimum absolute atomic E-state index is 0.145. The van der Waals surface area contributed by atoms with E-state index in [-0.39, 0.29) is 6.04 Å². The Kier molecular flexibility index (Phi) is 5.24. The molecule has 1 saturated heterocycles. The van der Waals surface area contributed by atoms with Crippen LogP contribution in [-0.2, 0) is 13.0 Å². The molecule has 126 valence electrons. The molecule has 2 heterocycles. The molecule has 0 aliphatic carbocycles. The maximum absolute atomic E-state index is 9.21. The summed E-state index contributed by atoms with van der Waals surface area (Å²) in [5, 5.41) is 13.2. The van der Waals surface area contributed by atoms with Crippen LogP contribution >= 0.6 is 0 Å². The number of benzene rings is 1. The van der Waals surface area contributed by atoms with E-state index in [9.17, 15) is 5.26 Å². The largest absolute Gasteiger partial charge is 0.338 e. The van der Waals surface area contributed by atoms with Crippen molar-refractivity contribution >= 4 is 0 Å². The first kappa shape index (κ1) is 16.6. The van der Waals surface area contributed by atoms with Gasteiger partial charge in [-0.2, -0.15) is 10.2 Å². The average molecular weight is 325 g/mol. The first-order valence-corrected chi connectivity index (χ1v) is 8.48. The lowest BCUT2D eigenvalue weighted by Crippen LogP contribution is -2.46. The fraction of sp³-hybridized carbons (Fsp3) is 0.500. The van der Waals surface area contributed by atoms with Crippen molar-refractivity contribution in [1.82, 2.24) is 19.9 Å². The average Bonchev–Trinajstić information content (AvgIpc) is 3.11. The molecule has 1 aromatic heterocycles. The van der Waals surface area contributed by atoms with Gasteiger partial charge in [-0.05, 0) is 18.6 Å². The van der Waals surface area contributed by atoms with Gasteiger partial charge in [0.2, 0.25) is 5.89 Å². The zero-order valence-electron chi connectivity index (χ0n) is 14.3. The number of hydrogen-bond acceptors (Lipinski definition) is 6. The van der Waals surface area contributed by atoms with E-state index in [1.807, 2.05) is 31.2 Å². The van der Waals surface area contributed by atoms with Crippen molar-refractivity contribution in [2.45, 2.75) is 32.9 Å². The van der Waals surface area contributed by atoms with Gasteiger partial charge in [-0.1, -0.05) is 30.3 Å². The lowest BCUT2D eigenvalue weighted by molar-refractivity contribution is 0.0845. The van der Waals surface area contributed by atoms with Crippen molar-refractivity contribution in [3.63, 3.8) is 0 Å². The van der Waals surface area contributed by atoms with Crippen LogP contribution in [0.5, 0.6) is 0 Å². The van der Waals surface area contributed by atoms with Gasteiger partial charge in [0.15, 0.2) is 5.82 Å². The van der Waals surface area contributed by atoms with Gasteiger partial charge < -0.3 is 4.52 Å². The van der Waals surface area contributed by atoms with Gasteiger partial charge in [-0.3, -0.25) is 9.80 Å². The fourth-order valence-electron chi connectivity index (χ4n) is 3.05. The Morgan fingerprint density at radius 3 is 2.67 bits per heavy atom. The smallest absolute Gasteiger partial charge is 0.243 e. The van der Waals surface area contributed by atoms with E-state index in [0.29, 0.717) is 5.89 Å². The highest BCUT2D eigenvalue weighted by Gasteiger charge is 2.25. The number of hydrogen-bond donors (Lipinski definition) is 0. The number of aryl methyl sites for hydroxylation is 1. The Bertz CT molecular complexity index is 712. The van der Waals surface area contributed by atoms with Gasteiger partial charge >= 0.3 is 0 Å². The molecule has 0 unspecified atom stereocenters. The molecule has 1 aliphatic rings. The lowest BCUT2D eigenvalue weighted by Gasteiger charge is -2.36. The lowest BCUT2D eigenvalue weighted by atomic mass is 10.1. The molecule has 1 aliphatic heterocycles. The fourth-order valence-corrected chi connectivity index (χ4v) is 3.05. The number of nitriles is 1. The standard InChI is InChI=1S/C18H23N5O/c1-3-17-20-18(24-21-17)14(2)23-10-8-22(9-11-23)13-16-7-5-4-6-15(16)12-19/h4-7,14H,3,8-11,13H2,1-2H3/t14-/m0/s1. The number of aromatic nitrogens is 2. The maximum atomic E-state index is 9.21. The summed E-state index contributed by atoms with van der Waals surface area (Å²) in [7, 11) is 0. The summed E-state index contributed by atoms with van der Waals surface area (Å²) < 4.78 is 5.37. The molecule has 0 saturated carbocycles. The quantitative estimate of drug-likeness (QED) is 0.841. The third-order valence-electron chi connectivity index (χ3n) is 4.64. The third kappa shape index (κ3) is 3.64. The van der Waals surface area contributed by atoms with Crippen LogP contribution in [0.4, 0.5) is 0 Å². The molecule has 0 amide bonds. The summed E-state index contributed by atoms with van der Waals surface area (Å²) in [6, 6.07) is 10.3. The van der Waals surface area contributed by atoms with Crippen molar-refractivity contribution < 1.29 is 4.52 Å².